The number of carbonyl (C=O) groups is 3. The van der Waals surface area contributed by atoms with Gasteiger partial charge in [0.1, 0.15) is 0 Å². The van der Waals surface area contributed by atoms with E-state index in [0.717, 1.165) is 11.8 Å². The fourth-order valence-corrected chi connectivity index (χ4v) is 3.10. The Labute approximate surface area is 154 Å². The molecule has 26 heavy (non-hydrogen) atoms. The molecule has 0 atom stereocenters. The molecule has 0 bridgehead atoms. The maximum absolute atomic E-state index is 12.7. The van der Waals surface area contributed by atoms with Crippen LogP contribution < -0.4 is 20.5 Å². The summed E-state index contributed by atoms with van der Waals surface area (Å²) in [4.78, 5) is 36.2. The zero-order chi connectivity index (χ0) is 19.1. The largest absolute Gasteiger partial charge is 0.493 e. The number of amides is 2. The molecule has 136 valence electrons. The molecule has 2 rings (SSSR count). The van der Waals surface area contributed by atoms with E-state index in [9.17, 15) is 14.4 Å². The van der Waals surface area contributed by atoms with E-state index in [4.69, 9.17) is 15.2 Å². The molecular formula is C18H18N2O5S. The highest BCUT2D eigenvalue weighted by molar-refractivity contribution is 8.14. The van der Waals surface area contributed by atoms with Gasteiger partial charge in [-0.15, -0.1) is 0 Å². The highest BCUT2D eigenvalue weighted by Gasteiger charge is 2.20. The van der Waals surface area contributed by atoms with Gasteiger partial charge in [-0.3, -0.25) is 14.4 Å². The van der Waals surface area contributed by atoms with Gasteiger partial charge in [-0.2, -0.15) is 0 Å². The first kappa shape index (κ1) is 19.3. The van der Waals surface area contributed by atoms with Crippen LogP contribution in [-0.2, 0) is 4.79 Å². The number of hydrogen-bond acceptors (Lipinski definition) is 6. The van der Waals surface area contributed by atoms with Gasteiger partial charge in [0, 0.05) is 4.90 Å². The SMILES string of the molecule is COc1cccc(C(=O)Sc2ccccc2C(=O)NCC(N)=O)c1OC. The van der Waals surface area contributed by atoms with Gasteiger partial charge in [0.25, 0.3) is 5.91 Å². The van der Waals surface area contributed by atoms with Crippen LogP contribution in [0.4, 0.5) is 0 Å². The second-order valence-corrected chi connectivity index (χ2v) is 6.09. The number of benzene rings is 2. The number of ether oxygens (including phenoxy) is 2. The van der Waals surface area contributed by atoms with Gasteiger partial charge in [-0.05, 0) is 36.0 Å². The van der Waals surface area contributed by atoms with Crippen molar-refractivity contribution < 1.29 is 23.9 Å². The highest BCUT2D eigenvalue weighted by atomic mass is 32.2. The molecule has 0 saturated heterocycles. The Hall–Kier alpha value is -3.00. The summed E-state index contributed by atoms with van der Waals surface area (Å²) in [5.41, 5.74) is 5.63. The van der Waals surface area contributed by atoms with Crippen molar-refractivity contribution in [3.63, 3.8) is 0 Å². The fourth-order valence-electron chi connectivity index (χ4n) is 2.21. The van der Waals surface area contributed by atoms with Crippen molar-refractivity contribution in [1.82, 2.24) is 5.32 Å². The van der Waals surface area contributed by atoms with Crippen LogP contribution in [0.3, 0.4) is 0 Å². The third kappa shape index (κ3) is 4.54. The molecule has 0 heterocycles. The molecule has 0 radical (unpaired) electrons. The summed E-state index contributed by atoms with van der Waals surface area (Å²) in [5, 5.41) is 2.10. The van der Waals surface area contributed by atoms with Crippen molar-refractivity contribution in [3.8, 4) is 11.5 Å². The lowest BCUT2D eigenvalue weighted by molar-refractivity contribution is -0.117. The van der Waals surface area contributed by atoms with Crippen molar-refractivity contribution in [2.45, 2.75) is 4.90 Å². The summed E-state index contributed by atoms with van der Waals surface area (Å²) < 4.78 is 10.5. The van der Waals surface area contributed by atoms with Crippen molar-refractivity contribution in [3.05, 3.63) is 53.6 Å². The highest BCUT2D eigenvalue weighted by Crippen LogP contribution is 2.35. The predicted octanol–water partition coefficient (Wildman–Crippen LogP) is 1.85. The average Bonchev–Trinajstić information content (AvgIpc) is 2.65. The summed E-state index contributed by atoms with van der Waals surface area (Å²) in [6.07, 6.45) is 0. The van der Waals surface area contributed by atoms with Crippen LogP contribution in [0.15, 0.2) is 47.4 Å². The molecule has 0 spiro atoms. The summed E-state index contributed by atoms with van der Waals surface area (Å²) in [6.45, 7) is -0.282. The number of rotatable bonds is 7. The van der Waals surface area contributed by atoms with Gasteiger partial charge in [-0.1, -0.05) is 18.2 Å². The summed E-state index contributed by atoms with van der Waals surface area (Å²) in [7, 11) is 2.93. The lowest BCUT2D eigenvalue weighted by Gasteiger charge is -2.12. The molecule has 0 aromatic heterocycles. The van der Waals surface area contributed by atoms with Crippen molar-refractivity contribution in [2.75, 3.05) is 20.8 Å². The van der Waals surface area contributed by atoms with Crippen molar-refractivity contribution in [1.29, 1.82) is 0 Å². The minimum atomic E-state index is -0.652. The number of hydrogen-bond donors (Lipinski definition) is 2. The van der Waals surface area contributed by atoms with Crippen LogP contribution in [0.2, 0.25) is 0 Å². The van der Waals surface area contributed by atoms with Gasteiger partial charge in [0.2, 0.25) is 11.0 Å². The molecular weight excluding hydrogens is 356 g/mol. The maximum atomic E-state index is 12.7. The zero-order valence-corrected chi connectivity index (χ0v) is 15.1. The third-order valence-corrected chi connectivity index (χ3v) is 4.36. The van der Waals surface area contributed by atoms with Crippen LogP contribution >= 0.6 is 11.8 Å². The number of para-hydroxylation sites is 1. The molecule has 2 aromatic rings. The maximum Gasteiger partial charge on any atom is 0.252 e. The van der Waals surface area contributed by atoms with Gasteiger partial charge in [-0.25, -0.2) is 0 Å². The molecule has 0 unspecified atom stereocenters. The van der Waals surface area contributed by atoms with Gasteiger partial charge >= 0.3 is 0 Å². The minimum Gasteiger partial charge on any atom is -0.493 e. The number of methoxy groups -OCH3 is 2. The van der Waals surface area contributed by atoms with E-state index in [0.29, 0.717) is 22.0 Å². The Morgan fingerprint density at radius 1 is 1.00 bits per heavy atom. The Bertz CT molecular complexity index is 838. The van der Waals surface area contributed by atoms with Crippen molar-refractivity contribution in [2.24, 2.45) is 5.73 Å². The van der Waals surface area contributed by atoms with E-state index in [1.165, 1.54) is 14.2 Å². The number of nitrogens with one attached hydrogen (secondary N) is 1. The molecule has 8 heteroatoms. The van der Waals surface area contributed by atoms with Crippen LogP contribution in [0.25, 0.3) is 0 Å². The standard InChI is InChI=1S/C18H18N2O5S/c1-24-13-8-5-7-12(16(13)25-2)18(23)26-14-9-4-3-6-11(14)17(22)20-10-15(19)21/h3-9H,10H2,1-2H3,(H2,19,21)(H,20,22). The normalized spacial score (nSPS) is 10.1. The Morgan fingerprint density at radius 3 is 2.35 bits per heavy atom. The Morgan fingerprint density at radius 2 is 1.69 bits per heavy atom. The average molecular weight is 374 g/mol. The topological polar surface area (TPSA) is 108 Å². The molecule has 0 fully saturated rings. The number of primary amides is 1. The Kier molecular flexibility index (Phi) is 6.62. The second kappa shape index (κ2) is 8.91. The second-order valence-electron chi connectivity index (χ2n) is 5.08. The number of carbonyl (C=O) groups excluding carboxylic acids is 3. The van der Waals surface area contributed by atoms with E-state index < -0.39 is 11.8 Å². The molecule has 2 aromatic carbocycles. The van der Waals surface area contributed by atoms with Crippen LogP contribution in [0.5, 0.6) is 11.5 Å². The van der Waals surface area contributed by atoms with Crippen LogP contribution in [0.1, 0.15) is 20.7 Å². The monoisotopic (exact) mass is 374 g/mol. The molecule has 0 aliphatic rings. The fraction of sp³-hybridized carbons (Fsp3) is 0.167. The van der Waals surface area contributed by atoms with Crippen LogP contribution in [-0.4, -0.2) is 37.7 Å². The van der Waals surface area contributed by atoms with E-state index in [-0.39, 0.29) is 17.2 Å². The molecule has 3 N–H and O–H groups in total. The van der Waals surface area contributed by atoms with Crippen molar-refractivity contribution >= 4 is 28.7 Å². The van der Waals surface area contributed by atoms with Gasteiger partial charge in [0.05, 0.1) is 31.9 Å². The van der Waals surface area contributed by atoms with Crippen LogP contribution in [0, 0.1) is 0 Å². The minimum absolute atomic E-state index is 0.272. The first-order valence-electron chi connectivity index (χ1n) is 7.56. The smallest absolute Gasteiger partial charge is 0.252 e. The predicted molar refractivity (Wildman–Crippen MR) is 97.7 cm³/mol. The third-order valence-electron chi connectivity index (χ3n) is 3.38. The summed E-state index contributed by atoms with van der Waals surface area (Å²) in [5.74, 6) is -0.382. The molecule has 0 aliphatic carbocycles. The lowest BCUT2D eigenvalue weighted by atomic mass is 10.2. The number of nitrogens with two attached hydrogens (primary N) is 1. The zero-order valence-electron chi connectivity index (χ0n) is 14.3. The van der Waals surface area contributed by atoms with E-state index >= 15 is 0 Å². The lowest BCUT2D eigenvalue weighted by Crippen LogP contribution is -2.33. The Balaban J connectivity index is 2.28. The van der Waals surface area contributed by atoms with E-state index in [2.05, 4.69) is 5.32 Å². The molecule has 7 nitrogen and oxygen atoms in total. The van der Waals surface area contributed by atoms with E-state index in [1.54, 1.807) is 42.5 Å². The van der Waals surface area contributed by atoms with E-state index in [1.807, 2.05) is 0 Å². The summed E-state index contributed by atoms with van der Waals surface area (Å²) >= 11 is 0.883. The van der Waals surface area contributed by atoms with Gasteiger partial charge < -0.3 is 20.5 Å². The summed E-state index contributed by atoms with van der Waals surface area (Å²) in [6, 6.07) is 11.6. The number of thioether (sulfide) groups is 1. The first-order valence-corrected chi connectivity index (χ1v) is 8.38. The quantitative estimate of drug-likeness (QED) is 0.716. The molecule has 0 aliphatic heterocycles. The molecule has 0 saturated carbocycles. The van der Waals surface area contributed by atoms with Gasteiger partial charge in [0.15, 0.2) is 11.5 Å². The first-order chi connectivity index (χ1) is 12.5. The molecule has 2 amide bonds.